The van der Waals surface area contributed by atoms with E-state index in [-0.39, 0.29) is 12.5 Å². The lowest BCUT2D eigenvalue weighted by molar-refractivity contribution is -0.124. The van der Waals surface area contributed by atoms with Gasteiger partial charge in [0.05, 0.1) is 18.8 Å². The fraction of sp³-hybridized carbons (Fsp3) is 0.927. The molecular formula is C41H81NO4. The van der Waals surface area contributed by atoms with Crippen molar-refractivity contribution in [1.29, 1.82) is 0 Å². The Morgan fingerprint density at radius 1 is 0.522 bits per heavy atom. The van der Waals surface area contributed by atoms with E-state index in [4.69, 9.17) is 0 Å². The summed E-state index contributed by atoms with van der Waals surface area (Å²) in [5.41, 5.74) is 0. The lowest BCUT2D eigenvalue weighted by atomic mass is 10.0. The third-order valence-electron chi connectivity index (χ3n) is 9.62. The van der Waals surface area contributed by atoms with Gasteiger partial charge in [0.25, 0.3) is 0 Å². The fourth-order valence-corrected chi connectivity index (χ4v) is 6.40. The Hall–Kier alpha value is -0.910. The van der Waals surface area contributed by atoms with Crippen molar-refractivity contribution in [3.8, 4) is 0 Å². The van der Waals surface area contributed by atoms with Gasteiger partial charge < -0.3 is 20.6 Å². The van der Waals surface area contributed by atoms with E-state index in [0.29, 0.717) is 12.8 Å². The van der Waals surface area contributed by atoms with Gasteiger partial charge in [-0.2, -0.15) is 0 Å². The predicted octanol–water partition coefficient (Wildman–Crippen LogP) is 11.3. The zero-order valence-corrected chi connectivity index (χ0v) is 31.0. The van der Waals surface area contributed by atoms with Crippen LogP contribution in [0.5, 0.6) is 0 Å². The smallest absolute Gasteiger partial charge is 0.220 e. The Labute approximate surface area is 287 Å². The van der Waals surface area contributed by atoms with Gasteiger partial charge in [-0.1, -0.05) is 187 Å². The molecule has 5 heteroatoms. The number of carbonyl (C=O) groups excluding carboxylic acids is 1. The predicted molar refractivity (Wildman–Crippen MR) is 199 cm³/mol. The van der Waals surface area contributed by atoms with Gasteiger partial charge in [-0.15, -0.1) is 0 Å². The summed E-state index contributed by atoms with van der Waals surface area (Å²) in [6, 6.07) is -0.819. The van der Waals surface area contributed by atoms with Gasteiger partial charge in [-0.3, -0.25) is 4.79 Å². The molecule has 274 valence electrons. The molecule has 0 fully saturated rings. The summed E-state index contributed by atoms with van der Waals surface area (Å²) in [7, 11) is 0. The van der Waals surface area contributed by atoms with Crippen LogP contribution in [0.15, 0.2) is 12.2 Å². The van der Waals surface area contributed by atoms with Crippen molar-refractivity contribution in [2.75, 3.05) is 6.61 Å². The molecule has 0 radical (unpaired) electrons. The molecule has 0 heterocycles. The third-order valence-corrected chi connectivity index (χ3v) is 9.62. The number of nitrogens with one attached hydrogen (secondary N) is 1. The molecule has 0 spiro atoms. The van der Waals surface area contributed by atoms with Crippen molar-refractivity contribution in [2.24, 2.45) is 0 Å². The van der Waals surface area contributed by atoms with Crippen LogP contribution in [0.3, 0.4) is 0 Å². The molecule has 0 aliphatic rings. The van der Waals surface area contributed by atoms with Crippen LogP contribution in [0.4, 0.5) is 0 Å². The highest BCUT2D eigenvalue weighted by molar-refractivity contribution is 5.76. The van der Waals surface area contributed by atoms with Crippen LogP contribution in [0, 0.1) is 0 Å². The second-order valence-electron chi connectivity index (χ2n) is 14.2. The molecule has 3 atom stereocenters. The topological polar surface area (TPSA) is 89.8 Å². The Morgan fingerprint density at radius 2 is 0.870 bits per heavy atom. The van der Waals surface area contributed by atoms with Gasteiger partial charge in [0.15, 0.2) is 0 Å². The van der Waals surface area contributed by atoms with E-state index in [2.05, 4.69) is 31.3 Å². The van der Waals surface area contributed by atoms with Crippen LogP contribution in [0.25, 0.3) is 0 Å². The lowest BCUT2D eigenvalue weighted by Gasteiger charge is -2.26. The highest BCUT2D eigenvalue weighted by Gasteiger charge is 2.26. The summed E-state index contributed by atoms with van der Waals surface area (Å²) in [4.78, 5) is 12.3. The van der Waals surface area contributed by atoms with E-state index in [1.54, 1.807) is 0 Å². The number of amides is 1. The van der Waals surface area contributed by atoms with E-state index >= 15 is 0 Å². The first-order chi connectivity index (χ1) is 22.6. The number of allylic oxidation sites excluding steroid dienone is 2. The summed E-state index contributed by atoms with van der Waals surface area (Å²) < 4.78 is 0. The zero-order valence-electron chi connectivity index (χ0n) is 31.0. The maximum atomic E-state index is 12.3. The zero-order chi connectivity index (χ0) is 33.8. The van der Waals surface area contributed by atoms with E-state index in [0.717, 1.165) is 38.5 Å². The highest BCUT2D eigenvalue weighted by Crippen LogP contribution is 2.16. The first-order valence-corrected chi connectivity index (χ1v) is 20.5. The standard InChI is InChI=1S/C41H81NO4/c1-3-5-7-9-11-13-15-16-17-18-19-20-21-22-23-24-25-26-27-29-31-33-35-39(44)41(46)38(37-43)42-40(45)36-34-32-30-28-14-12-10-8-6-4-2/h27,29,38-39,41,43-44,46H,3-26,28,30-37H2,1-2H3,(H,42,45)/b29-27+. The number of rotatable bonds is 37. The normalized spacial score (nSPS) is 13.8. The van der Waals surface area contributed by atoms with Gasteiger partial charge in [-0.25, -0.2) is 0 Å². The average molecular weight is 652 g/mol. The molecule has 0 saturated carbocycles. The van der Waals surface area contributed by atoms with E-state index in [9.17, 15) is 20.1 Å². The maximum Gasteiger partial charge on any atom is 0.220 e. The SMILES string of the molecule is CCCCCCCCCCCCCCCCCCC/C=C/CCCC(O)C(O)C(CO)NC(=O)CCCCCCCCCCCC. The van der Waals surface area contributed by atoms with Crippen LogP contribution < -0.4 is 5.32 Å². The number of aliphatic hydroxyl groups is 3. The average Bonchev–Trinajstić information content (AvgIpc) is 3.06. The molecule has 46 heavy (non-hydrogen) atoms. The van der Waals surface area contributed by atoms with E-state index in [1.165, 1.54) is 154 Å². The van der Waals surface area contributed by atoms with Gasteiger partial charge in [-0.05, 0) is 38.5 Å². The van der Waals surface area contributed by atoms with Crippen LogP contribution in [-0.4, -0.2) is 46.1 Å². The molecule has 5 nitrogen and oxygen atoms in total. The summed E-state index contributed by atoms with van der Waals surface area (Å²) in [5.74, 6) is -0.155. The molecular weight excluding hydrogens is 570 g/mol. The van der Waals surface area contributed by atoms with E-state index < -0.39 is 18.2 Å². The molecule has 0 aromatic carbocycles. The van der Waals surface area contributed by atoms with Crippen molar-refractivity contribution >= 4 is 5.91 Å². The Kier molecular flexibility index (Phi) is 36.2. The minimum Gasteiger partial charge on any atom is -0.394 e. The first kappa shape index (κ1) is 45.1. The quantitative estimate of drug-likeness (QED) is 0.0397. The number of aliphatic hydroxyl groups excluding tert-OH is 3. The minimum atomic E-state index is -1.15. The molecule has 0 aromatic heterocycles. The molecule has 0 rings (SSSR count). The fourth-order valence-electron chi connectivity index (χ4n) is 6.40. The lowest BCUT2D eigenvalue weighted by Crippen LogP contribution is -2.50. The Bertz CT molecular complexity index is 640. The number of hydrogen-bond acceptors (Lipinski definition) is 4. The van der Waals surface area contributed by atoms with Crippen molar-refractivity contribution in [3.63, 3.8) is 0 Å². The summed E-state index contributed by atoms with van der Waals surface area (Å²) in [6.07, 6.45) is 41.8. The molecule has 0 aromatic rings. The molecule has 0 aliphatic carbocycles. The molecule has 0 aliphatic heterocycles. The van der Waals surface area contributed by atoms with Crippen LogP contribution in [0.2, 0.25) is 0 Å². The number of carbonyl (C=O) groups is 1. The monoisotopic (exact) mass is 652 g/mol. The van der Waals surface area contributed by atoms with Crippen LogP contribution in [0.1, 0.15) is 219 Å². The second kappa shape index (κ2) is 36.9. The maximum absolute atomic E-state index is 12.3. The third kappa shape index (κ3) is 31.7. The van der Waals surface area contributed by atoms with Crippen LogP contribution >= 0.6 is 0 Å². The summed E-state index contributed by atoms with van der Waals surface area (Å²) in [6.45, 7) is 4.15. The van der Waals surface area contributed by atoms with Gasteiger partial charge >= 0.3 is 0 Å². The van der Waals surface area contributed by atoms with Crippen molar-refractivity contribution < 1.29 is 20.1 Å². The number of hydrogen-bond donors (Lipinski definition) is 4. The molecule has 3 unspecified atom stereocenters. The van der Waals surface area contributed by atoms with E-state index in [1.807, 2.05) is 0 Å². The Morgan fingerprint density at radius 3 is 1.26 bits per heavy atom. The van der Waals surface area contributed by atoms with Gasteiger partial charge in [0, 0.05) is 6.42 Å². The molecule has 0 saturated heterocycles. The molecule has 1 amide bonds. The van der Waals surface area contributed by atoms with Gasteiger partial charge in [0.1, 0.15) is 6.10 Å². The second-order valence-corrected chi connectivity index (χ2v) is 14.2. The highest BCUT2D eigenvalue weighted by atomic mass is 16.3. The van der Waals surface area contributed by atoms with Crippen molar-refractivity contribution in [2.45, 2.75) is 238 Å². The summed E-state index contributed by atoms with van der Waals surface area (Å²) >= 11 is 0. The molecule has 0 bridgehead atoms. The Balaban J connectivity index is 3.62. The molecule has 4 N–H and O–H groups in total. The van der Waals surface area contributed by atoms with Gasteiger partial charge in [0.2, 0.25) is 5.91 Å². The van der Waals surface area contributed by atoms with Crippen molar-refractivity contribution in [3.05, 3.63) is 12.2 Å². The largest absolute Gasteiger partial charge is 0.394 e. The van der Waals surface area contributed by atoms with Crippen molar-refractivity contribution in [1.82, 2.24) is 5.32 Å². The van der Waals surface area contributed by atoms with Crippen LogP contribution in [-0.2, 0) is 4.79 Å². The summed E-state index contributed by atoms with van der Waals surface area (Å²) in [5, 5.41) is 33.4. The first-order valence-electron chi connectivity index (χ1n) is 20.5. The minimum absolute atomic E-state index is 0.155. The number of unbranched alkanes of at least 4 members (excludes halogenated alkanes) is 27.